The van der Waals surface area contributed by atoms with Gasteiger partial charge in [-0.2, -0.15) is 5.10 Å². The molecule has 4 rings (SSSR count). The van der Waals surface area contributed by atoms with Crippen LogP contribution in [-0.4, -0.2) is 14.8 Å². The lowest BCUT2D eigenvalue weighted by Crippen LogP contribution is -1.98. The van der Waals surface area contributed by atoms with E-state index in [1.165, 1.54) is 0 Å². The van der Waals surface area contributed by atoms with E-state index in [0.717, 1.165) is 33.7 Å². The SMILES string of the molecule is Cc1nn(-c2ccccc2)c(C)c1/C=C/c1nc2ccccc2o1. The van der Waals surface area contributed by atoms with Gasteiger partial charge in [-0.15, -0.1) is 0 Å². The van der Waals surface area contributed by atoms with Crippen LogP contribution >= 0.6 is 0 Å². The van der Waals surface area contributed by atoms with Crippen molar-refractivity contribution in [1.29, 1.82) is 0 Å². The van der Waals surface area contributed by atoms with Crippen LogP contribution in [0.1, 0.15) is 22.8 Å². The van der Waals surface area contributed by atoms with Crippen LogP contribution in [0.15, 0.2) is 59.0 Å². The quantitative estimate of drug-likeness (QED) is 0.545. The first-order valence-electron chi connectivity index (χ1n) is 7.87. The maximum Gasteiger partial charge on any atom is 0.220 e. The van der Waals surface area contributed by atoms with E-state index in [2.05, 4.69) is 17.0 Å². The van der Waals surface area contributed by atoms with Gasteiger partial charge in [-0.3, -0.25) is 0 Å². The molecule has 0 atom stereocenters. The summed E-state index contributed by atoms with van der Waals surface area (Å²) in [7, 11) is 0. The van der Waals surface area contributed by atoms with E-state index in [-0.39, 0.29) is 0 Å². The van der Waals surface area contributed by atoms with Crippen LogP contribution in [0, 0.1) is 13.8 Å². The normalized spacial score (nSPS) is 11.6. The van der Waals surface area contributed by atoms with E-state index < -0.39 is 0 Å². The number of para-hydroxylation sites is 3. The summed E-state index contributed by atoms with van der Waals surface area (Å²) in [6.45, 7) is 4.08. The minimum atomic E-state index is 0.600. The number of rotatable bonds is 3. The molecule has 2 aromatic carbocycles. The van der Waals surface area contributed by atoms with Crippen molar-refractivity contribution in [3.05, 3.63) is 77.4 Å². The molecule has 0 aliphatic carbocycles. The highest BCUT2D eigenvalue weighted by molar-refractivity contribution is 5.76. The summed E-state index contributed by atoms with van der Waals surface area (Å²) in [5, 5.41) is 4.65. The van der Waals surface area contributed by atoms with Gasteiger partial charge in [0.05, 0.1) is 11.4 Å². The smallest absolute Gasteiger partial charge is 0.220 e. The third-order valence-corrected chi connectivity index (χ3v) is 4.05. The maximum absolute atomic E-state index is 5.74. The molecule has 0 spiro atoms. The second-order valence-corrected chi connectivity index (χ2v) is 5.69. The molecule has 4 aromatic rings. The van der Waals surface area contributed by atoms with Crippen LogP contribution in [0.4, 0.5) is 0 Å². The Morgan fingerprint density at radius 3 is 2.46 bits per heavy atom. The molecule has 0 bridgehead atoms. The molecule has 0 aliphatic heterocycles. The molecule has 0 aliphatic rings. The Balaban J connectivity index is 1.70. The molecule has 0 saturated heterocycles. The standard InChI is InChI=1S/C20H17N3O/c1-14-17(15(2)23(22-14)16-8-4-3-5-9-16)12-13-20-21-18-10-6-7-11-19(18)24-20/h3-13H,1-2H3/b13-12+. The Morgan fingerprint density at radius 1 is 0.917 bits per heavy atom. The zero-order chi connectivity index (χ0) is 16.5. The molecular weight excluding hydrogens is 298 g/mol. The molecule has 0 fully saturated rings. The Bertz CT molecular complexity index is 993. The van der Waals surface area contributed by atoms with Crippen molar-refractivity contribution in [3.8, 4) is 5.69 Å². The van der Waals surface area contributed by atoms with E-state index in [1.807, 2.05) is 78.4 Å². The Kier molecular flexibility index (Phi) is 3.50. The van der Waals surface area contributed by atoms with E-state index in [4.69, 9.17) is 4.42 Å². The monoisotopic (exact) mass is 315 g/mol. The first kappa shape index (κ1) is 14.5. The first-order chi connectivity index (χ1) is 11.7. The van der Waals surface area contributed by atoms with Crippen molar-refractivity contribution >= 4 is 23.3 Å². The Morgan fingerprint density at radius 2 is 1.67 bits per heavy atom. The van der Waals surface area contributed by atoms with Crippen molar-refractivity contribution in [3.63, 3.8) is 0 Å². The number of fused-ring (bicyclic) bond motifs is 1. The van der Waals surface area contributed by atoms with Crippen LogP contribution in [0.5, 0.6) is 0 Å². The summed E-state index contributed by atoms with van der Waals surface area (Å²) >= 11 is 0. The summed E-state index contributed by atoms with van der Waals surface area (Å²) < 4.78 is 7.70. The minimum Gasteiger partial charge on any atom is -0.437 e. The Labute approximate surface area is 140 Å². The van der Waals surface area contributed by atoms with E-state index >= 15 is 0 Å². The van der Waals surface area contributed by atoms with Crippen molar-refractivity contribution < 1.29 is 4.42 Å². The second-order valence-electron chi connectivity index (χ2n) is 5.69. The second kappa shape index (κ2) is 5.81. The largest absolute Gasteiger partial charge is 0.437 e. The number of aromatic nitrogens is 3. The van der Waals surface area contributed by atoms with Gasteiger partial charge in [0.1, 0.15) is 5.52 Å². The molecule has 118 valence electrons. The molecule has 24 heavy (non-hydrogen) atoms. The average molecular weight is 315 g/mol. The average Bonchev–Trinajstić information content (AvgIpc) is 3.14. The minimum absolute atomic E-state index is 0.600. The molecule has 0 unspecified atom stereocenters. The summed E-state index contributed by atoms with van der Waals surface area (Å²) in [6, 6.07) is 17.9. The molecule has 0 radical (unpaired) electrons. The van der Waals surface area contributed by atoms with Crippen molar-refractivity contribution in [2.75, 3.05) is 0 Å². The number of nitrogens with zero attached hydrogens (tertiary/aromatic N) is 3. The third kappa shape index (κ3) is 2.52. The van der Waals surface area contributed by atoms with E-state index in [1.54, 1.807) is 0 Å². The highest BCUT2D eigenvalue weighted by atomic mass is 16.3. The van der Waals surface area contributed by atoms with Crippen LogP contribution in [0.25, 0.3) is 28.9 Å². The van der Waals surface area contributed by atoms with Gasteiger partial charge in [0.2, 0.25) is 5.89 Å². The summed E-state index contributed by atoms with van der Waals surface area (Å²) in [5.74, 6) is 0.600. The van der Waals surface area contributed by atoms with Crippen LogP contribution in [0.3, 0.4) is 0 Å². The number of oxazole rings is 1. The third-order valence-electron chi connectivity index (χ3n) is 4.05. The van der Waals surface area contributed by atoms with E-state index in [9.17, 15) is 0 Å². The lowest BCUT2D eigenvalue weighted by atomic mass is 10.2. The van der Waals surface area contributed by atoms with Crippen molar-refractivity contribution in [2.24, 2.45) is 0 Å². The van der Waals surface area contributed by atoms with Gasteiger partial charge >= 0.3 is 0 Å². The lowest BCUT2D eigenvalue weighted by molar-refractivity contribution is 0.589. The fraction of sp³-hybridized carbons (Fsp3) is 0.100. The Hall–Kier alpha value is -3.14. The molecule has 2 heterocycles. The predicted octanol–water partition coefficient (Wildman–Crippen LogP) is 4.80. The molecule has 4 heteroatoms. The van der Waals surface area contributed by atoms with Crippen LogP contribution in [0.2, 0.25) is 0 Å². The summed E-state index contributed by atoms with van der Waals surface area (Å²) in [5.41, 5.74) is 5.87. The fourth-order valence-electron chi connectivity index (χ4n) is 2.83. The van der Waals surface area contributed by atoms with Gasteiger partial charge < -0.3 is 4.42 Å². The number of hydrogen-bond donors (Lipinski definition) is 0. The van der Waals surface area contributed by atoms with Gasteiger partial charge in [0.25, 0.3) is 0 Å². The van der Waals surface area contributed by atoms with Gasteiger partial charge in [-0.1, -0.05) is 30.3 Å². The zero-order valence-electron chi connectivity index (χ0n) is 13.6. The molecule has 0 amide bonds. The molecule has 0 saturated carbocycles. The first-order valence-corrected chi connectivity index (χ1v) is 7.87. The van der Waals surface area contributed by atoms with Crippen molar-refractivity contribution in [2.45, 2.75) is 13.8 Å². The highest BCUT2D eigenvalue weighted by Gasteiger charge is 2.10. The van der Waals surface area contributed by atoms with E-state index in [0.29, 0.717) is 5.89 Å². The van der Waals surface area contributed by atoms with Gasteiger partial charge in [0.15, 0.2) is 5.58 Å². The van der Waals surface area contributed by atoms with Gasteiger partial charge in [0, 0.05) is 17.3 Å². The number of aryl methyl sites for hydroxylation is 1. The van der Waals surface area contributed by atoms with Gasteiger partial charge in [-0.05, 0) is 44.2 Å². The van der Waals surface area contributed by atoms with Crippen molar-refractivity contribution in [1.82, 2.24) is 14.8 Å². The zero-order valence-corrected chi connectivity index (χ0v) is 13.6. The topological polar surface area (TPSA) is 43.9 Å². The number of benzene rings is 2. The van der Waals surface area contributed by atoms with Crippen LogP contribution in [-0.2, 0) is 0 Å². The van der Waals surface area contributed by atoms with Gasteiger partial charge in [-0.25, -0.2) is 9.67 Å². The summed E-state index contributed by atoms with van der Waals surface area (Å²) in [6.07, 6.45) is 3.91. The van der Waals surface area contributed by atoms with Crippen LogP contribution < -0.4 is 0 Å². The molecule has 4 nitrogen and oxygen atoms in total. The molecular formula is C20H17N3O. The molecule has 0 N–H and O–H groups in total. The predicted molar refractivity (Wildman–Crippen MR) is 96.0 cm³/mol. The highest BCUT2D eigenvalue weighted by Crippen LogP contribution is 2.21. The molecule has 2 aromatic heterocycles. The maximum atomic E-state index is 5.74. The number of hydrogen-bond acceptors (Lipinski definition) is 3. The summed E-state index contributed by atoms with van der Waals surface area (Å²) in [4.78, 5) is 4.47. The lowest BCUT2D eigenvalue weighted by Gasteiger charge is -2.03. The fourth-order valence-corrected chi connectivity index (χ4v) is 2.83.